The number of aryl methyl sites for hydroxylation is 1. The van der Waals surface area contributed by atoms with Crippen LogP contribution in [-0.4, -0.2) is 51.5 Å². The Morgan fingerprint density at radius 3 is 2.75 bits per heavy atom. The fourth-order valence-electron chi connectivity index (χ4n) is 3.71. The first kappa shape index (κ1) is 26.3. The molecule has 2 atom stereocenters. The van der Waals surface area contributed by atoms with Crippen LogP contribution < -0.4 is 15.4 Å². The smallest absolute Gasteiger partial charge is 0.218 e. The molecule has 32 heavy (non-hydrogen) atoms. The fraction of sp³-hybridized carbons (Fsp3) is 0.500. The van der Waals surface area contributed by atoms with Crippen molar-refractivity contribution < 1.29 is 14.2 Å². The molecule has 2 N–H and O–H groups in total. The van der Waals surface area contributed by atoms with E-state index in [1.807, 2.05) is 12.1 Å². The molecule has 176 valence electrons. The molecule has 0 bridgehead atoms. The highest BCUT2D eigenvalue weighted by Crippen LogP contribution is 2.33. The van der Waals surface area contributed by atoms with Crippen LogP contribution in [0.25, 0.3) is 0 Å². The Bertz CT molecular complexity index is 832. The molecule has 2 aromatic rings. The molecule has 1 aromatic carbocycles. The van der Waals surface area contributed by atoms with E-state index in [-0.39, 0.29) is 30.1 Å². The van der Waals surface area contributed by atoms with Crippen LogP contribution in [0.5, 0.6) is 5.88 Å². The minimum atomic E-state index is 0. The lowest BCUT2D eigenvalue weighted by Crippen LogP contribution is -2.41. The summed E-state index contributed by atoms with van der Waals surface area (Å²) >= 11 is 0. The van der Waals surface area contributed by atoms with E-state index in [0.29, 0.717) is 31.6 Å². The summed E-state index contributed by atoms with van der Waals surface area (Å²) in [6.45, 7) is 5.28. The predicted molar refractivity (Wildman–Crippen MR) is 138 cm³/mol. The molecule has 8 heteroatoms. The molecule has 1 saturated heterocycles. The molecule has 0 amide bonds. The second-order valence-corrected chi connectivity index (χ2v) is 7.72. The second-order valence-electron chi connectivity index (χ2n) is 7.72. The van der Waals surface area contributed by atoms with Gasteiger partial charge in [-0.3, -0.25) is 4.99 Å². The van der Waals surface area contributed by atoms with Gasteiger partial charge in [0.15, 0.2) is 5.96 Å². The van der Waals surface area contributed by atoms with E-state index in [1.165, 1.54) is 11.1 Å². The van der Waals surface area contributed by atoms with Crippen molar-refractivity contribution in [2.24, 2.45) is 10.9 Å². The van der Waals surface area contributed by atoms with E-state index in [4.69, 9.17) is 14.2 Å². The molecule has 0 saturated carbocycles. The van der Waals surface area contributed by atoms with E-state index in [0.717, 1.165) is 37.5 Å². The molecule has 0 spiro atoms. The van der Waals surface area contributed by atoms with E-state index in [1.54, 1.807) is 20.4 Å². The maximum absolute atomic E-state index is 6.14. The first-order valence-electron chi connectivity index (χ1n) is 10.9. The largest absolute Gasteiger partial charge is 0.475 e. The topological polar surface area (TPSA) is 77.0 Å². The highest BCUT2D eigenvalue weighted by atomic mass is 127. The molecule has 1 fully saturated rings. The summed E-state index contributed by atoms with van der Waals surface area (Å²) < 4.78 is 16.9. The summed E-state index contributed by atoms with van der Waals surface area (Å²) in [5.74, 6) is 1.75. The summed E-state index contributed by atoms with van der Waals surface area (Å²) in [6.07, 6.45) is 4.05. The van der Waals surface area contributed by atoms with Crippen molar-refractivity contribution in [3.05, 3.63) is 59.3 Å². The molecular weight excluding hydrogens is 519 g/mol. The monoisotopic (exact) mass is 554 g/mol. The van der Waals surface area contributed by atoms with Gasteiger partial charge in [0.25, 0.3) is 0 Å². The Hall–Kier alpha value is -1.91. The van der Waals surface area contributed by atoms with Crippen molar-refractivity contribution in [2.75, 3.05) is 40.5 Å². The van der Waals surface area contributed by atoms with E-state index in [2.05, 4.69) is 51.8 Å². The van der Waals surface area contributed by atoms with Crippen LogP contribution in [0.4, 0.5) is 0 Å². The van der Waals surface area contributed by atoms with E-state index >= 15 is 0 Å². The number of rotatable bonds is 9. The maximum Gasteiger partial charge on any atom is 0.218 e. The number of nitrogens with zero attached hydrogens (tertiary/aromatic N) is 2. The summed E-state index contributed by atoms with van der Waals surface area (Å²) in [5.41, 5.74) is 3.48. The van der Waals surface area contributed by atoms with Gasteiger partial charge >= 0.3 is 0 Å². The normalized spacial score (nSPS) is 18.5. The quantitative estimate of drug-likeness (QED) is 0.212. The van der Waals surface area contributed by atoms with Crippen LogP contribution in [0.3, 0.4) is 0 Å². The zero-order chi connectivity index (χ0) is 21.9. The highest BCUT2D eigenvalue weighted by Gasteiger charge is 2.27. The number of ether oxygens (including phenoxy) is 3. The number of hydrogen-bond donors (Lipinski definition) is 2. The summed E-state index contributed by atoms with van der Waals surface area (Å²) in [4.78, 5) is 8.70. The number of aliphatic imine (C=N–C) groups is 1. The van der Waals surface area contributed by atoms with Gasteiger partial charge < -0.3 is 24.8 Å². The SMILES string of the molecule is CN=C(NCc1cccnc1OCCOC)NCC1CCCOC1c1ccc(C)cc1.I. The Morgan fingerprint density at radius 2 is 2.00 bits per heavy atom. The van der Waals surface area contributed by atoms with Gasteiger partial charge in [-0.1, -0.05) is 35.9 Å². The standard InChI is InChI=1S/C24H34N4O3.HI/c1-18-8-10-19(11-9-18)22-20(7-5-13-30-22)16-27-24(25-2)28-17-21-6-4-12-26-23(21)31-15-14-29-3;/h4,6,8-12,20,22H,5,7,13-17H2,1-3H3,(H2,25,27,28);1H. The maximum atomic E-state index is 6.14. The van der Waals surface area contributed by atoms with Crippen molar-refractivity contribution in [1.82, 2.24) is 15.6 Å². The third kappa shape index (κ3) is 7.90. The predicted octanol–water partition coefficient (Wildman–Crippen LogP) is 3.87. The Kier molecular flexibility index (Phi) is 11.8. The number of aromatic nitrogens is 1. The lowest BCUT2D eigenvalue weighted by atomic mass is 9.89. The molecule has 1 aliphatic rings. The minimum Gasteiger partial charge on any atom is -0.475 e. The van der Waals surface area contributed by atoms with Crippen LogP contribution in [0.1, 0.15) is 35.6 Å². The van der Waals surface area contributed by atoms with E-state index < -0.39 is 0 Å². The molecule has 1 aliphatic heterocycles. The summed E-state index contributed by atoms with van der Waals surface area (Å²) in [6, 6.07) is 12.6. The fourth-order valence-corrected chi connectivity index (χ4v) is 3.71. The number of halogens is 1. The third-order valence-corrected chi connectivity index (χ3v) is 5.43. The second kappa shape index (κ2) is 14.3. The molecule has 0 radical (unpaired) electrons. The average molecular weight is 554 g/mol. The van der Waals surface area contributed by atoms with Gasteiger partial charge in [-0.25, -0.2) is 4.98 Å². The molecular formula is C24H35IN4O3. The molecule has 2 unspecified atom stereocenters. The number of benzene rings is 1. The van der Waals surface area contributed by atoms with Crippen molar-refractivity contribution in [1.29, 1.82) is 0 Å². The van der Waals surface area contributed by atoms with Crippen LogP contribution in [0.2, 0.25) is 0 Å². The van der Waals surface area contributed by atoms with Gasteiger partial charge in [0.05, 0.1) is 12.7 Å². The van der Waals surface area contributed by atoms with Crippen molar-refractivity contribution >= 4 is 29.9 Å². The number of nitrogens with one attached hydrogen (secondary N) is 2. The van der Waals surface area contributed by atoms with Crippen molar-refractivity contribution in [2.45, 2.75) is 32.4 Å². The summed E-state index contributed by atoms with van der Waals surface area (Å²) in [7, 11) is 3.43. The Morgan fingerprint density at radius 1 is 1.19 bits per heavy atom. The lowest BCUT2D eigenvalue weighted by molar-refractivity contribution is -0.0265. The van der Waals surface area contributed by atoms with Gasteiger partial charge in [-0.05, 0) is 31.4 Å². The van der Waals surface area contributed by atoms with Crippen LogP contribution in [-0.2, 0) is 16.0 Å². The zero-order valence-corrected chi connectivity index (χ0v) is 21.5. The molecule has 7 nitrogen and oxygen atoms in total. The number of guanidine groups is 1. The average Bonchev–Trinajstić information content (AvgIpc) is 2.81. The minimum absolute atomic E-state index is 0. The zero-order valence-electron chi connectivity index (χ0n) is 19.2. The number of methoxy groups -OCH3 is 1. The van der Waals surface area contributed by atoms with Gasteiger partial charge in [-0.2, -0.15) is 0 Å². The first-order valence-corrected chi connectivity index (χ1v) is 10.9. The molecule has 0 aliphatic carbocycles. The lowest BCUT2D eigenvalue weighted by Gasteiger charge is -2.32. The van der Waals surface area contributed by atoms with Crippen molar-refractivity contribution in [3.8, 4) is 5.88 Å². The van der Waals surface area contributed by atoms with Gasteiger partial charge in [0, 0.05) is 51.5 Å². The Labute approximate surface area is 208 Å². The first-order chi connectivity index (χ1) is 15.2. The molecule has 3 rings (SSSR count). The van der Waals surface area contributed by atoms with Gasteiger partial charge in [-0.15, -0.1) is 24.0 Å². The molecule has 2 heterocycles. The van der Waals surface area contributed by atoms with E-state index in [9.17, 15) is 0 Å². The summed E-state index contributed by atoms with van der Waals surface area (Å²) in [5, 5.41) is 6.83. The van der Waals surface area contributed by atoms with Gasteiger partial charge in [0.1, 0.15) is 6.61 Å². The Balaban J connectivity index is 0.00000363. The van der Waals surface area contributed by atoms with Gasteiger partial charge in [0.2, 0.25) is 5.88 Å². The highest BCUT2D eigenvalue weighted by molar-refractivity contribution is 14.0. The molecule has 1 aromatic heterocycles. The van der Waals surface area contributed by atoms with Crippen LogP contribution >= 0.6 is 24.0 Å². The van der Waals surface area contributed by atoms with Crippen LogP contribution in [0, 0.1) is 12.8 Å². The van der Waals surface area contributed by atoms with Crippen LogP contribution in [0.15, 0.2) is 47.6 Å². The number of hydrogen-bond acceptors (Lipinski definition) is 5. The third-order valence-electron chi connectivity index (χ3n) is 5.43. The number of pyridine rings is 1. The van der Waals surface area contributed by atoms with Crippen molar-refractivity contribution in [3.63, 3.8) is 0 Å².